The highest BCUT2D eigenvalue weighted by atomic mass is 16.2. The number of aromatic nitrogens is 2. The number of nitrogens with zero attached hydrogens (tertiary/aromatic N) is 3. The Hall–Kier alpha value is -1.53. The zero-order valence-electron chi connectivity index (χ0n) is 10.8. The zero-order chi connectivity index (χ0) is 13.0. The normalized spacial score (nSPS) is 17.4. The van der Waals surface area contributed by atoms with Crippen LogP contribution in [-0.2, 0) is 4.79 Å². The summed E-state index contributed by atoms with van der Waals surface area (Å²) in [7, 11) is 0. The monoisotopic (exact) mass is 249 g/mol. The van der Waals surface area contributed by atoms with Crippen LogP contribution < -0.4 is 10.6 Å². The van der Waals surface area contributed by atoms with Crippen LogP contribution in [0.5, 0.6) is 0 Å². The van der Waals surface area contributed by atoms with Gasteiger partial charge in [0, 0.05) is 32.4 Å². The van der Waals surface area contributed by atoms with E-state index in [1.54, 1.807) is 18.3 Å². The van der Waals surface area contributed by atoms with E-state index >= 15 is 0 Å². The SMILES string of the molecule is CC(C)(C(=O)Nc1cccnn1)N1CCNCC1. The van der Waals surface area contributed by atoms with Crippen molar-refractivity contribution in [2.45, 2.75) is 19.4 Å². The molecule has 0 aromatic carbocycles. The number of nitrogens with one attached hydrogen (secondary N) is 2. The van der Waals surface area contributed by atoms with Crippen LogP contribution in [0.4, 0.5) is 5.82 Å². The van der Waals surface area contributed by atoms with Crippen molar-refractivity contribution in [2.75, 3.05) is 31.5 Å². The molecule has 0 unspecified atom stereocenters. The van der Waals surface area contributed by atoms with Gasteiger partial charge in [0.1, 0.15) is 0 Å². The summed E-state index contributed by atoms with van der Waals surface area (Å²) in [6.07, 6.45) is 1.58. The average Bonchev–Trinajstić information content (AvgIpc) is 2.41. The van der Waals surface area contributed by atoms with E-state index in [2.05, 4.69) is 25.7 Å². The fourth-order valence-corrected chi connectivity index (χ4v) is 2.00. The lowest BCUT2D eigenvalue weighted by atomic mass is 10.0. The number of hydrogen-bond acceptors (Lipinski definition) is 5. The highest BCUT2D eigenvalue weighted by Gasteiger charge is 2.35. The minimum Gasteiger partial charge on any atom is -0.314 e. The second kappa shape index (κ2) is 5.41. The lowest BCUT2D eigenvalue weighted by Crippen LogP contribution is -2.58. The highest BCUT2D eigenvalue weighted by molar-refractivity contribution is 5.96. The van der Waals surface area contributed by atoms with E-state index in [1.807, 2.05) is 13.8 Å². The van der Waals surface area contributed by atoms with Crippen molar-refractivity contribution in [1.29, 1.82) is 0 Å². The van der Waals surface area contributed by atoms with E-state index in [9.17, 15) is 4.79 Å². The number of rotatable bonds is 3. The lowest BCUT2D eigenvalue weighted by molar-refractivity contribution is -0.126. The van der Waals surface area contributed by atoms with Crippen LogP contribution in [-0.4, -0.2) is 52.7 Å². The molecule has 0 radical (unpaired) electrons. The summed E-state index contributed by atoms with van der Waals surface area (Å²) in [4.78, 5) is 14.5. The minimum atomic E-state index is -0.542. The number of hydrogen-bond donors (Lipinski definition) is 2. The molecule has 0 aliphatic carbocycles. The number of carbonyl (C=O) groups is 1. The molecule has 1 aromatic heterocycles. The van der Waals surface area contributed by atoms with Crippen LogP contribution in [0.3, 0.4) is 0 Å². The summed E-state index contributed by atoms with van der Waals surface area (Å²) < 4.78 is 0. The third kappa shape index (κ3) is 2.83. The van der Waals surface area contributed by atoms with Gasteiger partial charge in [0.05, 0.1) is 5.54 Å². The molecule has 0 spiro atoms. The second-order valence-corrected chi connectivity index (χ2v) is 4.86. The topological polar surface area (TPSA) is 70.2 Å². The Labute approximate surface area is 107 Å². The van der Waals surface area contributed by atoms with Crippen molar-refractivity contribution in [3.05, 3.63) is 18.3 Å². The van der Waals surface area contributed by atoms with Gasteiger partial charge in [0.25, 0.3) is 0 Å². The van der Waals surface area contributed by atoms with Gasteiger partial charge in [-0.1, -0.05) is 0 Å². The molecule has 18 heavy (non-hydrogen) atoms. The van der Waals surface area contributed by atoms with E-state index in [1.165, 1.54) is 0 Å². The molecule has 1 aliphatic heterocycles. The zero-order valence-corrected chi connectivity index (χ0v) is 10.8. The van der Waals surface area contributed by atoms with E-state index in [-0.39, 0.29) is 5.91 Å². The van der Waals surface area contributed by atoms with E-state index < -0.39 is 5.54 Å². The quantitative estimate of drug-likeness (QED) is 0.795. The summed E-state index contributed by atoms with van der Waals surface area (Å²) in [5.74, 6) is 0.440. The van der Waals surface area contributed by atoms with Crippen LogP contribution in [0.2, 0.25) is 0 Å². The van der Waals surface area contributed by atoms with Gasteiger partial charge >= 0.3 is 0 Å². The van der Waals surface area contributed by atoms with Crippen molar-refractivity contribution in [3.63, 3.8) is 0 Å². The van der Waals surface area contributed by atoms with Crippen LogP contribution in [0.1, 0.15) is 13.8 Å². The first-order valence-electron chi connectivity index (χ1n) is 6.15. The van der Waals surface area contributed by atoms with Crippen molar-refractivity contribution in [2.24, 2.45) is 0 Å². The Balaban J connectivity index is 2.02. The second-order valence-electron chi connectivity index (χ2n) is 4.86. The molecule has 1 aliphatic rings. The summed E-state index contributed by atoms with van der Waals surface area (Å²) >= 11 is 0. The van der Waals surface area contributed by atoms with Gasteiger partial charge in [-0.25, -0.2) is 0 Å². The van der Waals surface area contributed by atoms with E-state index in [0.29, 0.717) is 5.82 Å². The molecule has 1 saturated heterocycles. The van der Waals surface area contributed by atoms with E-state index in [0.717, 1.165) is 26.2 Å². The molecule has 1 aromatic rings. The standard InChI is InChI=1S/C12H19N5O/c1-12(2,17-8-6-13-7-9-17)11(18)15-10-4-3-5-14-16-10/h3-5,13H,6-9H2,1-2H3,(H,15,16,18). The first-order chi connectivity index (χ1) is 8.60. The fourth-order valence-electron chi connectivity index (χ4n) is 2.00. The molecule has 0 saturated carbocycles. The largest absolute Gasteiger partial charge is 0.314 e. The molecule has 1 amide bonds. The van der Waals surface area contributed by atoms with Crippen molar-refractivity contribution in [3.8, 4) is 0 Å². The average molecular weight is 249 g/mol. The molecule has 0 atom stereocenters. The molecule has 1 fully saturated rings. The lowest BCUT2D eigenvalue weighted by Gasteiger charge is -2.39. The van der Waals surface area contributed by atoms with Gasteiger partial charge < -0.3 is 10.6 Å². The molecule has 2 rings (SSSR count). The van der Waals surface area contributed by atoms with Gasteiger partial charge in [-0.2, -0.15) is 5.10 Å². The Bertz CT molecular complexity index is 400. The van der Waals surface area contributed by atoms with Crippen LogP contribution in [0.25, 0.3) is 0 Å². The van der Waals surface area contributed by atoms with E-state index in [4.69, 9.17) is 0 Å². The molecular weight excluding hydrogens is 230 g/mol. The number of piperazine rings is 1. The molecular formula is C12H19N5O. The maximum atomic E-state index is 12.3. The van der Waals surface area contributed by atoms with Gasteiger partial charge in [-0.3, -0.25) is 9.69 Å². The summed E-state index contributed by atoms with van der Waals surface area (Å²) in [5, 5.41) is 13.7. The van der Waals surface area contributed by atoms with Gasteiger partial charge in [0.2, 0.25) is 5.91 Å². The molecule has 2 heterocycles. The van der Waals surface area contributed by atoms with Crippen LogP contribution >= 0.6 is 0 Å². The number of carbonyl (C=O) groups excluding carboxylic acids is 1. The smallest absolute Gasteiger partial charge is 0.245 e. The van der Waals surface area contributed by atoms with Gasteiger partial charge in [0.15, 0.2) is 5.82 Å². The Morgan fingerprint density at radius 2 is 2.17 bits per heavy atom. The third-order valence-corrected chi connectivity index (χ3v) is 3.28. The van der Waals surface area contributed by atoms with Crippen molar-refractivity contribution in [1.82, 2.24) is 20.4 Å². The number of amides is 1. The predicted octanol–water partition coefficient (Wildman–Crippen LogP) is 0.0989. The van der Waals surface area contributed by atoms with Gasteiger partial charge in [-0.15, -0.1) is 5.10 Å². The Morgan fingerprint density at radius 1 is 1.44 bits per heavy atom. The Kier molecular flexibility index (Phi) is 3.88. The minimum absolute atomic E-state index is 0.0510. The van der Waals surface area contributed by atoms with Gasteiger partial charge in [-0.05, 0) is 26.0 Å². The number of anilines is 1. The van der Waals surface area contributed by atoms with Crippen molar-refractivity contribution >= 4 is 11.7 Å². The Morgan fingerprint density at radius 3 is 2.78 bits per heavy atom. The summed E-state index contributed by atoms with van der Waals surface area (Å²) in [6.45, 7) is 7.46. The molecule has 6 nitrogen and oxygen atoms in total. The maximum absolute atomic E-state index is 12.3. The molecule has 6 heteroatoms. The summed E-state index contributed by atoms with van der Waals surface area (Å²) in [5.41, 5.74) is -0.542. The molecule has 98 valence electrons. The maximum Gasteiger partial charge on any atom is 0.245 e. The molecule has 0 bridgehead atoms. The fraction of sp³-hybridized carbons (Fsp3) is 0.583. The summed E-state index contributed by atoms with van der Waals surface area (Å²) in [6, 6.07) is 3.49. The first-order valence-corrected chi connectivity index (χ1v) is 6.15. The highest BCUT2D eigenvalue weighted by Crippen LogP contribution is 2.17. The third-order valence-electron chi connectivity index (χ3n) is 3.28. The molecule has 2 N–H and O–H groups in total. The predicted molar refractivity (Wildman–Crippen MR) is 69.2 cm³/mol. The van der Waals surface area contributed by atoms with Crippen LogP contribution in [0, 0.1) is 0 Å². The van der Waals surface area contributed by atoms with Crippen LogP contribution in [0.15, 0.2) is 18.3 Å². The van der Waals surface area contributed by atoms with Crippen molar-refractivity contribution < 1.29 is 4.79 Å². The first kappa shape index (κ1) is 12.9.